The summed E-state index contributed by atoms with van der Waals surface area (Å²) in [6, 6.07) is 11.6. The van der Waals surface area contributed by atoms with Gasteiger partial charge in [-0.15, -0.1) is 0 Å². The maximum atomic E-state index is 12.7. The quantitative estimate of drug-likeness (QED) is 0.586. The first-order valence-electron chi connectivity index (χ1n) is 8.24. The maximum absolute atomic E-state index is 12.7. The molecule has 1 unspecified atom stereocenters. The number of hydrogen-bond donors (Lipinski definition) is 1. The van der Waals surface area contributed by atoms with Gasteiger partial charge in [0.15, 0.2) is 0 Å². The molecule has 2 aromatic rings. The molecule has 0 heterocycles. The molecular weight excluding hydrogens is 354 g/mol. The number of nitrogens with one attached hydrogen (secondary N) is 1. The fourth-order valence-corrected chi connectivity index (χ4v) is 2.77. The van der Waals surface area contributed by atoms with Crippen LogP contribution < -0.4 is 5.32 Å². The Bertz CT molecular complexity index is 791. The number of carbonyl (C=O) groups is 1. The lowest BCUT2D eigenvalue weighted by molar-refractivity contribution is -0.385. The molecule has 0 spiro atoms. The molecule has 2 rings (SSSR count). The Hall–Kier alpha value is -2.44. The topological polar surface area (TPSA) is 75.5 Å². The zero-order chi connectivity index (χ0) is 19.3. The summed E-state index contributed by atoms with van der Waals surface area (Å²) < 4.78 is 0. The predicted molar refractivity (Wildman–Crippen MR) is 103 cm³/mol. The number of rotatable bonds is 7. The maximum Gasteiger partial charge on any atom is 0.272 e. The Morgan fingerprint density at radius 1 is 1.23 bits per heavy atom. The zero-order valence-electron chi connectivity index (χ0n) is 15.0. The molecule has 0 fully saturated rings. The number of carbonyl (C=O) groups excluding carboxylic acids is 1. The lowest BCUT2D eigenvalue weighted by atomic mass is 10.0. The van der Waals surface area contributed by atoms with Crippen molar-refractivity contribution in [2.45, 2.75) is 19.4 Å². The average molecular weight is 376 g/mol. The molecule has 0 radical (unpaired) electrons. The number of aryl methyl sites for hydroxylation is 1. The summed E-state index contributed by atoms with van der Waals surface area (Å²) >= 11 is 5.95. The van der Waals surface area contributed by atoms with E-state index in [0.717, 1.165) is 18.5 Å². The Kier molecular flexibility index (Phi) is 6.71. The lowest BCUT2D eigenvalue weighted by Gasteiger charge is -2.21. The van der Waals surface area contributed by atoms with Gasteiger partial charge in [-0.2, -0.15) is 0 Å². The molecule has 0 aliphatic carbocycles. The number of nitro benzene ring substituents is 1. The molecule has 1 N–H and O–H groups in total. The first-order valence-corrected chi connectivity index (χ1v) is 8.62. The summed E-state index contributed by atoms with van der Waals surface area (Å²) in [5.74, 6) is -0.262. The minimum absolute atomic E-state index is 0.00316. The van der Waals surface area contributed by atoms with E-state index in [1.165, 1.54) is 12.1 Å². The van der Waals surface area contributed by atoms with Crippen LogP contribution in [0, 0.1) is 17.0 Å². The molecule has 6 nitrogen and oxygen atoms in total. The van der Waals surface area contributed by atoms with Crippen molar-refractivity contribution < 1.29 is 9.72 Å². The molecule has 0 aromatic heterocycles. The van der Waals surface area contributed by atoms with Gasteiger partial charge in [0.05, 0.1) is 11.0 Å². The van der Waals surface area contributed by atoms with Gasteiger partial charge >= 0.3 is 0 Å². The summed E-state index contributed by atoms with van der Waals surface area (Å²) in [7, 11) is 3.95. The highest BCUT2D eigenvalue weighted by Gasteiger charge is 2.18. The standard InChI is InChI=1S/C19H22ClN3O3/c1-13-12-15(6-9-18(13)23(25)26)19(24)21-17(10-11-22(2)3)14-4-7-16(20)8-5-14/h4-9,12,17H,10-11H2,1-3H3,(H,21,24). The molecule has 0 saturated heterocycles. The molecule has 0 aliphatic heterocycles. The lowest BCUT2D eigenvalue weighted by Crippen LogP contribution is -2.31. The first-order chi connectivity index (χ1) is 12.3. The van der Waals surface area contributed by atoms with Crippen molar-refractivity contribution in [1.29, 1.82) is 0 Å². The monoisotopic (exact) mass is 375 g/mol. The highest BCUT2D eigenvalue weighted by molar-refractivity contribution is 6.30. The SMILES string of the molecule is Cc1cc(C(=O)NC(CCN(C)C)c2ccc(Cl)cc2)ccc1[N+](=O)[O-]. The molecule has 7 heteroatoms. The van der Waals surface area contributed by atoms with Crippen LogP contribution in [0.15, 0.2) is 42.5 Å². The molecule has 2 aromatic carbocycles. The van der Waals surface area contributed by atoms with Crippen LogP contribution in [-0.2, 0) is 0 Å². The molecule has 0 saturated carbocycles. The van der Waals surface area contributed by atoms with E-state index >= 15 is 0 Å². The van der Waals surface area contributed by atoms with E-state index in [2.05, 4.69) is 5.32 Å². The average Bonchev–Trinajstić information content (AvgIpc) is 2.58. The molecule has 0 bridgehead atoms. The van der Waals surface area contributed by atoms with Crippen LogP contribution in [0.4, 0.5) is 5.69 Å². The van der Waals surface area contributed by atoms with Crippen LogP contribution in [0.25, 0.3) is 0 Å². The van der Waals surface area contributed by atoms with Crippen molar-refractivity contribution >= 4 is 23.2 Å². The number of nitro groups is 1. The van der Waals surface area contributed by atoms with E-state index < -0.39 is 4.92 Å². The third kappa shape index (κ3) is 5.28. The normalized spacial score (nSPS) is 12.0. The van der Waals surface area contributed by atoms with Crippen LogP contribution in [0.3, 0.4) is 0 Å². The van der Waals surface area contributed by atoms with Gasteiger partial charge in [-0.1, -0.05) is 23.7 Å². The van der Waals surface area contributed by atoms with E-state index in [0.29, 0.717) is 16.1 Å². The van der Waals surface area contributed by atoms with Crippen molar-refractivity contribution in [1.82, 2.24) is 10.2 Å². The summed E-state index contributed by atoms with van der Waals surface area (Å²) in [4.78, 5) is 25.2. The molecule has 0 aliphatic rings. The van der Waals surface area contributed by atoms with E-state index in [4.69, 9.17) is 11.6 Å². The molecular formula is C19H22ClN3O3. The van der Waals surface area contributed by atoms with Gasteiger partial charge < -0.3 is 10.2 Å². The van der Waals surface area contributed by atoms with Crippen LogP contribution >= 0.6 is 11.6 Å². The number of nitrogens with zero attached hydrogens (tertiary/aromatic N) is 2. The highest BCUT2D eigenvalue weighted by atomic mass is 35.5. The Labute approximate surface area is 157 Å². The van der Waals surface area contributed by atoms with Crippen LogP contribution in [0.5, 0.6) is 0 Å². The Balaban J connectivity index is 2.21. The summed E-state index contributed by atoms with van der Waals surface area (Å²) in [6.45, 7) is 2.42. The van der Waals surface area contributed by atoms with Gasteiger partial charge in [0.1, 0.15) is 0 Å². The second kappa shape index (κ2) is 8.78. The number of amides is 1. The van der Waals surface area contributed by atoms with Gasteiger partial charge in [0.2, 0.25) is 0 Å². The minimum atomic E-state index is -0.454. The van der Waals surface area contributed by atoms with Crippen LogP contribution in [-0.4, -0.2) is 36.4 Å². The minimum Gasteiger partial charge on any atom is -0.345 e. The number of hydrogen-bond acceptors (Lipinski definition) is 4. The fraction of sp³-hybridized carbons (Fsp3) is 0.316. The summed E-state index contributed by atoms with van der Waals surface area (Å²) in [6.07, 6.45) is 0.729. The first kappa shape index (κ1) is 19.9. The van der Waals surface area contributed by atoms with Gasteiger partial charge in [-0.3, -0.25) is 14.9 Å². The van der Waals surface area contributed by atoms with E-state index in [-0.39, 0.29) is 17.6 Å². The van der Waals surface area contributed by atoms with Gasteiger partial charge in [-0.25, -0.2) is 0 Å². The highest BCUT2D eigenvalue weighted by Crippen LogP contribution is 2.22. The van der Waals surface area contributed by atoms with Crippen LogP contribution in [0.1, 0.15) is 33.9 Å². The number of benzene rings is 2. The predicted octanol–water partition coefficient (Wildman–Crippen LogP) is 3.98. The van der Waals surface area contributed by atoms with Crippen LogP contribution in [0.2, 0.25) is 5.02 Å². The largest absolute Gasteiger partial charge is 0.345 e. The van der Waals surface area contributed by atoms with Gasteiger partial charge in [-0.05, 0) is 63.8 Å². The molecule has 1 amide bonds. The third-order valence-electron chi connectivity index (χ3n) is 4.10. The van der Waals surface area contributed by atoms with E-state index in [1.807, 2.05) is 31.1 Å². The molecule has 138 valence electrons. The van der Waals surface area contributed by atoms with E-state index in [1.54, 1.807) is 25.1 Å². The third-order valence-corrected chi connectivity index (χ3v) is 4.35. The van der Waals surface area contributed by atoms with Crippen molar-refractivity contribution in [3.8, 4) is 0 Å². The Morgan fingerprint density at radius 3 is 2.42 bits per heavy atom. The fourth-order valence-electron chi connectivity index (χ4n) is 2.65. The molecule has 1 atom stereocenters. The summed E-state index contributed by atoms with van der Waals surface area (Å²) in [5, 5.41) is 14.6. The summed E-state index contributed by atoms with van der Waals surface area (Å²) in [5.41, 5.74) is 1.82. The van der Waals surface area contributed by atoms with E-state index in [9.17, 15) is 14.9 Å². The Morgan fingerprint density at radius 2 is 1.88 bits per heavy atom. The zero-order valence-corrected chi connectivity index (χ0v) is 15.8. The van der Waals surface area contributed by atoms with Crippen molar-refractivity contribution in [2.24, 2.45) is 0 Å². The van der Waals surface area contributed by atoms with Gasteiger partial charge in [0, 0.05) is 22.2 Å². The second-order valence-corrected chi connectivity index (χ2v) is 6.86. The van der Waals surface area contributed by atoms with Gasteiger partial charge in [0.25, 0.3) is 11.6 Å². The molecule has 26 heavy (non-hydrogen) atoms. The van der Waals surface area contributed by atoms with Crippen molar-refractivity contribution in [2.75, 3.05) is 20.6 Å². The second-order valence-electron chi connectivity index (χ2n) is 6.43. The number of halogens is 1. The smallest absolute Gasteiger partial charge is 0.272 e. The van der Waals surface area contributed by atoms with Crippen molar-refractivity contribution in [3.05, 3.63) is 74.3 Å². The van der Waals surface area contributed by atoms with Crippen molar-refractivity contribution in [3.63, 3.8) is 0 Å².